The van der Waals surface area contributed by atoms with Gasteiger partial charge in [-0.1, -0.05) is 13.8 Å². The average molecular weight is 156 g/mol. The van der Waals surface area contributed by atoms with Crippen LogP contribution in [-0.4, -0.2) is 19.1 Å². The van der Waals surface area contributed by atoms with E-state index in [1.165, 1.54) is 12.8 Å². The molecule has 0 aliphatic carbocycles. The van der Waals surface area contributed by atoms with Crippen LogP contribution in [0.1, 0.15) is 26.7 Å². The van der Waals surface area contributed by atoms with Crippen molar-refractivity contribution in [3.63, 3.8) is 0 Å². The average Bonchev–Trinajstić information content (AvgIpc) is 2.34. The highest BCUT2D eigenvalue weighted by Crippen LogP contribution is 2.18. The molecule has 11 heavy (non-hydrogen) atoms. The highest BCUT2D eigenvalue weighted by molar-refractivity contribution is 4.82. The maximum Gasteiger partial charge on any atom is 0.00732 e. The molecule has 1 heterocycles. The monoisotopic (exact) mass is 156 g/mol. The highest BCUT2D eigenvalue weighted by Gasteiger charge is 2.22. The van der Waals surface area contributed by atoms with Gasteiger partial charge in [-0.05, 0) is 37.8 Å². The summed E-state index contributed by atoms with van der Waals surface area (Å²) in [6.07, 6.45) is 2.59. The fourth-order valence-electron chi connectivity index (χ4n) is 1.83. The van der Waals surface area contributed by atoms with Gasteiger partial charge < -0.3 is 11.1 Å². The molecule has 66 valence electrons. The molecule has 1 saturated heterocycles. The van der Waals surface area contributed by atoms with Crippen molar-refractivity contribution in [3.8, 4) is 0 Å². The molecule has 2 heteroatoms. The Balaban J connectivity index is 2.19. The van der Waals surface area contributed by atoms with E-state index in [9.17, 15) is 0 Å². The van der Waals surface area contributed by atoms with Gasteiger partial charge >= 0.3 is 0 Å². The second-order valence-corrected chi connectivity index (χ2v) is 4.07. The summed E-state index contributed by atoms with van der Waals surface area (Å²) in [7, 11) is 0. The van der Waals surface area contributed by atoms with Gasteiger partial charge in [-0.15, -0.1) is 0 Å². The quantitative estimate of drug-likeness (QED) is 0.639. The van der Waals surface area contributed by atoms with Gasteiger partial charge in [-0.3, -0.25) is 0 Å². The van der Waals surface area contributed by atoms with Crippen LogP contribution in [0, 0.1) is 11.8 Å². The van der Waals surface area contributed by atoms with Crippen LogP contribution in [-0.2, 0) is 0 Å². The van der Waals surface area contributed by atoms with Crippen molar-refractivity contribution in [2.45, 2.75) is 32.7 Å². The standard InChI is InChI=1S/C9H20N2/c1-7(2)3-9-4-8(5-10)6-11-9/h7-9,11H,3-6,10H2,1-2H3/t8-,9+/m0/s1. The number of rotatable bonds is 3. The van der Waals surface area contributed by atoms with E-state index in [0.717, 1.165) is 31.0 Å². The molecule has 1 rings (SSSR count). The molecule has 0 radical (unpaired) electrons. The Kier molecular flexibility index (Phi) is 3.34. The first-order valence-corrected chi connectivity index (χ1v) is 4.65. The van der Waals surface area contributed by atoms with E-state index >= 15 is 0 Å². The molecule has 0 saturated carbocycles. The van der Waals surface area contributed by atoms with E-state index in [0.29, 0.717) is 0 Å². The first-order chi connectivity index (χ1) is 5.22. The van der Waals surface area contributed by atoms with Gasteiger partial charge in [0, 0.05) is 6.04 Å². The summed E-state index contributed by atoms with van der Waals surface area (Å²) in [5.41, 5.74) is 5.59. The van der Waals surface area contributed by atoms with Crippen molar-refractivity contribution in [1.82, 2.24) is 5.32 Å². The Hall–Kier alpha value is -0.0800. The molecule has 0 aromatic heterocycles. The van der Waals surface area contributed by atoms with Crippen LogP contribution < -0.4 is 11.1 Å². The second kappa shape index (κ2) is 4.07. The summed E-state index contributed by atoms with van der Waals surface area (Å²) in [5.74, 6) is 1.54. The fraction of sp³-hybridized carbons (Fsp3) is 1.00. The zero-order valence-corrected chi connectivity index (χ0v) is 7.64. The van der Waals surface area contributed by atoms with Crippen LogP contribution in [0.2, 0.25) is 0 Å². The molecule has 2 nitrogen and oxygen atoms in total. The third-order valence-corrected chi connectivity index (χ3v) is 2.40. The summed E-state index contributed by atoms with van der Waals surface area (Å²) in [6, 6.07) is 0.739. The predicted molar refractivity (Wildman–Crippen MR) is 48.4 cm³/mol. The SMILES string of the molecule is CC(C)C[C@@H]1C[C@@H](CN)CN1. The van der Waals surface area contributed by atoms with E-state index in [1.54, 1.807) is 0 Å². The van der Waals surface area contributed by atoms with Crippen molar-refractivity contribution in [2.24, 2.45) is 17.6 Å². The lowest BCUT2D eigenvalue weighted by Gasteiger charge is -2.12. The highest BCUT2D eigenvalue weighted by atomic mass is 15.0. The van der Waals surface area contributed by atoms with Crippen molar-refractivity contribution < 1.29 is 0 Å². The molecule has 0 aromatic carbocycles. The molecule has 1 fully saturated rings. The van der Waals surface area contributed by atoms with Gasteiger partial charge in [0.2, 0.25) is 0 Å². The van der Waals surface area contributed by atoms with Crippen LogP contribution in [0.5, 0.6) is 0 Å². The largest absolute Gasteiger partial charge is 0.330 e. The van der Waals surface area contributed by atoms with Crippen LogP contribution in [0.3, 0.4) is 0 Å². The maximum absolute atomic E-state index is 5.59. The zero-order chi connectivity index (χ0) is 8.27. The Morgan fingerprint density at radius 3 is 2.73 bits per heavy atom. The summed E-state index contributed by atoms with van der Waals surface area (Å²) in [5, 5.41) is 3.51. The van der Waals surface area contributed by atoms with Gasteiger partial charge in [-0.25, -0.2) is 0 Å². The van der Waals surface area contributed by atoms with E-state index in [1.807, 2.05) is 0 Å². The Morgan fingerprint density at radius 2 is 2.27 bits per heavy atom. The van der Waals surface area contributed by atoms with E-state index < -0.39 is 0 Å². The molecule has 0 spiro atoms. The summed E-state index contributed by atoms with van der Waals surface area (Å²) < 4.78 is 0. The summed E-state index contributed by atoms with van der Waals surface area (Å²) in [6.45, 7) is 6.53. The lowest BCUT2D eigenvalue weighted by Crippen LogP contribution is -2.23. The normalized spacial score (nSPS) is 31.6. The van der Waals surface area contributed by atoms with Crippen molar-refractivity contribution >= 4 is 0 Å². The molecule has 0 bridgehead atoms. The first-order valence-electron chi connectivity index (χ1n) is 4.65. The topological polar surface area (TPSA) is 38.0 Å². The molecular formula is C9H20N2. The lowest BCUT2D eigenvalue weighted by molar-refractivity contribution is 0.454. The Morgan fingerprint density at radius 1 is 1.55 bits per heavy atom. The minimum absolute atomic E-state index is 0.735. The minimum Gasteiger partial charge on any atom is -0.330 e. The van der Waals surface area contributed by atoms with E-state index in [2.05, 4.69) is 19.2 Å². The fourth-order valence-corrected chi connectivity index (χ4v) is 1.83. The molecule has 0 aromatic rings. The zero-order valence-electron chi connectivity index (χ0n) is 7.64. The third kappa shape index (κ3) is 2.80. The van der Waals surface area contributed by atoms with E-state index in [4.69, 9.17) is 5.73 Å². The summed E-state index contributed by atoms with van der Waals surface area (Å²) >= 11 is 0. The van der Waals surface area contributed by atoms with Gasteiger partial charge in [0.05, 0.1) is 0 Å². The maximum atomic E-state index is 5.59. The smallest absolute Gasteiger partial charge is 0.00732 e. The molecule has 0 unspecified atom stereocenters. The van der Waals surface area contributed by atoms with Crippen molar-refractivity contribution in [2.75, 3.05) is 13.1 Å². The van der Waals surface area contributed by atoms with Crippen LogP contribution in [0.4, 0.5) is 0 Å². The minimum atomic E-state index is 0.735. The van der Waals surface area contributed by atoms with E-state index in [-0.39, 0.29) is 0 Å². The Labute approximate surface area is 69.5 Å². The van der Waals surface area contributed by atoms with Gasteiger partial charge in [-0.2, -0.15) is 0 Å². The van der Waals surface area contributed by atoms with Crippen LogP contribution in [0.15, 0.2) is 0 Å². The number of nitrogens with one attached hydrogen (secondary N) is 1. The molecule has 1 aliphatic rings. The molecule has 2 atom stereocenters. The van der Waals surface area contributed by atoms with Crippen molar-refractivity contribution in [3.05, 3.63) is 0 Å². The van der Waals surface area contributed by atoms with Crippen molar-refractivity contribution in [1.29, 1.82) is 0 Å². The summed E-state index contributed by atoms with van der Waals surface area (Å²) in [4.78, 5) is 0. The Bertz CT molecular complexity index is 112. The predicted octanol–water partition coefficient (Wildman–Crippen LogP) is 0.969. The molecule has 3 N–H and O–H groups in total. The van der Waals surface area contributed by atoms with Crippen LogP contribution >= 0.6 is 0 Å². The van der Waals surface area contributed by atoms with Gasteiger partial charge in [0.1, 0.15) is 0 Å². The van der Waals surface area contributed by atoms with Gasteiger partial charge in [0.15, 0.2) is 0 Å². The third-order valence-electron chi connectivity index (χ3n) is 2.40. The van der Waals surface area contributed by atoms with Crippen LogP contribution in [0.25, 0.3) is 0 Å². The second-order valence-electron chi connectivity index (χ2n) is 4.07. The number of nitrogens with two attached hydrogens (primary N) is 1. The molecular weight excluding hydrogens is 136 g/mol. The van der Waals surface area contributed by atoms with Gasteiger partial charge in [0.25, 0.3) is 0 Å². The number of hydrogen-bond donors (Lipinski definition) is 2. The molecule has 0 amide bonds. The number of hydrogen-bond acceptors (Lipinski definition) is 2. The first kappa shape index (κ1) is 9.01. The molecule has 1 aliphatic heterocycles. The lowest BCUT2D eigenvalue weighted by atomic mass is 9.99.